The van der Waals surface area contributed by atoms with Gasteiger partial charge >= 0.3 is 6.36 Å². The van der Waals surface area contributed by atoms with Gasteiger partial charge in [-0.05, 0) is 55.0 Å². The van der Waals surface area contributed by atoms with Crippen LogP contribution in [-0.4, -0.2) is 21.8 Å². The minimum absolute atomic E-state index is 0.304. The van der Waals surface area contributed by atoms with Crippen LogP contribution >= 0.6 is 22.9 Å². The van der Waals surface area contributed by atoms with Gasteiger partial charge < -0.3 is 15.0 Å². The third kappa shape index (κ3) is 5.20. The van der Waals surface area contributed by atoms with Gasteiger partial charge in [-0.25, -0.2) is 4.98 Å². The van der Waals surface area contributed by atoms with Crippen LogP contribution in [0.25, 0.3) is 22.0 Å². The van der Waals surface area contributed by atoms with Crippen LogP contribution in [0.15, 0.2) is 60.0 Å². The van der Waals surface area contributed by atoms with Crippen LogP contribution in [-0.2, 0) is 6.54 Å². The standard InChI is InChI=1S/C23H17ClF3N3O2S/c1-13-18(21(28)31)10-20(30(13)11-14-2-6-16(24)7-3-14)19-12-33-22(29-19)15-4-8-17(9-5-15)32-23(25,26)27/h2-10,12H,11H2,1H3,(H2,28,31). The zero-order valence-electron chi connectivity index (χ0n) is 17.2. The number of primary amides is 1. The summed E-state index contributed by atoms with van der Waals surface area (Å²) in [4.78, 5) is 16.6. The van der Waals surface area contributed by atoms with Crippen LogP contribution in [0.4, 0.5) is 13.2 Å². The Labute approximate surface area is 196 Å². The van der Waals surface area contributed by atoms with Gasteiger partial charge in [-0.3, -0.25) is 4.79 Å². The molecule has 4 rings (SSSR count). The highest BCUT2D eigenvalue weighted by Gasteiger charge is 2.31. The van der Waals surface area contributed by atoms with Crippen molar-refractivity contribution in [1.29, 1.82) is 0 Å². The van der Waals surface area contributed by atoms with Gasteiger partial charge in [0.05, 0.1) is 17.0 Å². The van der Waals surface area contributed by atoms with Crippen molar-refractivity contribution in [3.05, 3.63) is 81.8 Å². The second kappa shape index (κ2) is 8.92. The molecular formula is C23H17ClF3N3O2S. The van der Waals surface area contributed by atoms with E-state index < -0.39 is 12.3 Å². The van der Waals surface area contributed by atoms with Crippen molar-refractivity contribution in [3.8, 4) is 27.7 Å². The predicted octanol–water partition coefficient (Wildman–Crippen LogP) is 6.29. The Morgan fingerprint density at radius 2 is 1.82 bits per heavy atom. The number of halogens is 4. The molecule has 0 radical (unpaired) electrons. The Morgan fingerprint density at radius 3 is 2.42 bits per heavy atom. The molecule has 5 nitrogen and oxygen atoms in total. The van der Waals surface area contributed by atoms with Crippen molar-refractivity contribution in [2.24, 2.45) is 5.73 Å². The van der Waals surface area contributed by atoms with Gasteiger partial charge in [-0.15, -0.1) is 24.5 Å². The number of nitrogens with two attached hydrogens (primary N) is 1. The lowest BCUT2D eigenvalue weighted by molar-refractivity contribution is -0.274. The molecule has 0 spiro atoms. The fourth-order valence-electron chi connectivity index (χ4n) is 3.41. The number of carbonyl (C=O) groups is 1. The normalized spacial score (nSPS) is 11.5. The van der Waals surface area contributed by atoms with Crippen LogP contribution in [0.3, 0.4) is 0 Å². The molecule has 170 valence electrons. The summed E-state index contributed by atoms with van der Waals surface area (Å²) in [5.41, 5.74) is 9.60. The molecule has 1 amide bonds. The van der Waals surface area contributed by atoms with Gasteiger partial charge in [0.1, 0.15) is 10.8 Å². The Hall–Kier alpha value is -3.30. The molecule has 0 aliphatic carbocycles. The number of nitrogens with zero attached hydrogens (tertiary/aromatic N) is 2. The molecule has 0 saturated heterocycles. The smallest absolute Gasteiger partial charge is 0.406 e. The van der Waals surface area contributed by atoms with Gasteiger partial charge in [0.2, 0.25) is 0 Å². The van der Waals surface area contributed by atoms with E-state index in [2.05, 4.69) is 9.72 Å². The van der Waals surface area contributed by atoms with E-state index >= 15 is 0 Å². The Bertz CT molecular complexity index is 1300. The first kappa shape index (κ1) is 22.9. The van der Waals surface area contributed by atoms with Crippen LogP contribution in [0, 0.1) is 6.92 Å². The summed E-state index contributed by atoms with van der Waals surface area (Å²) in [6, 6.07) is 14.6. The van der Waals surface area contributed by atoms with Crippen LogP contribution in [0.1, 0.15) is 21.6 Å². The first-order chi connectivity index (χ1) is 15.6. The molecule has 4 aromatic rings. The van der Waals surface area contributed by atoms with E-state index in [1.54, 1.807) is 18.2 Å². The number of carbonyl (C=O) groups excluding carboxylic acids is 1. The third-order valence-electron chi connectivity index (χ3n) is 4.99. The average molecular weight is 492 g/mol. The van der Waals surface area contributed by atoms with E-state index in [4.69, 9.17) is 17.3 Å². The van der Waals surface area contributed by atoms with Crippen LogP contribution in [0.5, 0.6) is 5.75 Å². The fraction of sp³-hybridized carbons (Fsp3) is 0.130. The first-order valence-corrected chi connectivity index (χ1v) is 10.9. The van der Waals surface area contributed by atoms with Crippen molar-refractivity contribution in [2.75, 3.05) is 0 Å². The highest BCUT2D eigenvalue weighted by molar-refractivity contribution is 7.13. The Kier molecular flexibility index (Phi) is 6.18. The molecule has 0 bridgehead atoms. The van der Waals surface area contributed by atoms with Gasteiger partial charge in [-0.2, -0.15) is 0 Å². The number of rotatable bonds is 6. The molecule has 0 aliphatic heterocycles. The zero-order chi connectivity index (χ0) is 23.8. The van der Waals surface area contributed by atoms with Crippen molar-refractivity contribution in [1.82, 2.24) is 9.55 Å². The summed E-state index contributed by atoms with van der Waals surface area (Å²) in [6.07, 6.45) is -4.75. The zero-order valence-corrected chi connectivity index (χ0v) is 18.8. The quantitative estimate of drug-likeness (QED) is 0.345. The second-order valence-electron chi connectivity index (χ2n) is 7.22. The first-order valence-electron chi connectivity index (χ1n) is 9.67. The van der Waals surface area contributed by atoms with Crippen molar-refractivity contribution in [2.45, 2.75) is 19.8 Å². The number of amides is 1. The summed E-state index contributed by atoms with van der Waals surface area (Å²) in [5, 5.41) is 3.06. The molecular weight excluding hydrogens is 475 g/mol. The highest BCUT2D eigenvalue weighted by Crippen LogP contribution is 2.33. The van der Waals surface area contributed by atoms with Gasteiger partial charge in [0.25, 0.3) is 5.91 Å². The monoisotopic (exact) mass is 491 g/mol. The maximum atomic E-state index is 12.4. The summed E-state index contributed by atoms with van der Waals surface area (Å²) < 4.78 is 43.0. The van der Waals surface area contributed by atoms with Crippen molar-refractivity contribution >= 4 is 28.8 Å². The van der Waals surface area contributed by atoms with Gasteiger partial charge in [-0.1, -0.05) is 23.7 Å². The molecule has 0 aliphatic rings. The average Bonchev–Trinajstić information content (AvgIpc) is 3.35. The molecule has 10 heteroatoms. The lowest BCUT2D eigenvalue weighted by atomic mass is 10.2. The third-order valence-corrected chi connectivity index (χ3v) is 6.13. The number of hydrogen-bond donors (Lipinski definition) is 1. The van der Waals surface area contributed by atoms with Crippen molar-refractivity contribution < 1.29 is 22.7 Å². The maximum Gasteiger partial charge on any atom is 0.573 e. The minimum Gasteiger partial charge on any atom is -0.406 e. The topological polar surface area (TPSA) is 70.1 Å². The highest BCUT2D eigenvalue weighted by atomic mass is 35.5. The molecule has 2 aromatic heterocycles. The number of ether oxygens (including phenoxy) is 1. The molecule has 0 fully saturated rings. The van der Waals surface area contributed by atoms with Gasteiger partial charge in [0, 0.05) is 28.2 Å². The van der Waals surface area contributed by atoms with E-state index in [1.807, 2.05) is 29.0 Å². The summed E-state index contributed by atoms with van der Waals surface area (Å²) in [7, 11) is 0. The number of alkyl halides is 3. The fourth-order valence-corrected chi connectivity index (χ4v) is 4.35. The SMILES string of the molecule is Cc1c(C(N)=O)cc(-c2csc(-c3ccc(OC(F)(F)F)cc3)n2)n1Cc1ccc(Cl)cc1. The molecule has 2 aromatic carbocycles. The molecule has 33 heavy (non-hydrogen) atoms. The second-order valence-corrected chi connectivity index (χ2v) is 8.51. The minimum atomic E-state index is -4.75. The number of aromatic nitrogens is 2. The lowest BCUT2D eigenvalue weighted by Gasteiger charge is -2.11. The molecule has 2 heterocycles. The Morgan fingerprint density at radius 1 is 1.15 bits per heavy atom. The number of benzene rings is 2. The van der Waals surface area contributed by atoms with E-state index in [-0.39, 0.29) is 5.75 Å². The summed E-state index contributed by atoms with van der Waals surface area (Å²) >= 11 is 7.32. The maximum absolute atomic E-state index is 12.4. The van der Waals surface area contributed by atoms with E-state index in [9.17, 15) is 18.0 Å². The largest absolute Gasteiger partial charge is 0.573 e. The summed E-state index contributed by atoms with van der Waals surface area (Å²) in [6.45, 7) is 2.29. The number of hydrogen-bond acceptors (Lipinski definition) is 4. The Balaban J connectivity index is 1.67. The van der Waals surface area contributed by atoms with E-state index in [0.717, 1.165) is 5.56 Å². The van der Waals surface area contributed by atoms with E-state index in [0.29, 0.717) is 44.8 Å². The molecule has 0 unspecified atom stereocenters. The lowest BCUT2D eigenvalue weighted by Crippen LogP contribution is -2.16. The molecule has 0 saturated carbocycles. The molecule has 2 N–H and O–H groups in total. The van der Waals surface area contributed by atoms with Crippen molar-refractivity contribution in [3.63, 3.8) is 0 Å². The predicted molar refractivity (Wildman–Crippen MR) is 121 cm³/mol. The van der Waals surface area contributed by atoms with Gasteiger partial charge in [0.15, 0.2) is 0 Å². The van der Waals surface area contributed by atoms with Crippen LogP contribution in [0.2, 0.25) is 5.02 Å². The summed E-state index contributed by atoms with van der Waals surface area (Å²) in [5.74, 6) is -0.846. The molecule has 0 atom stereocenters. The van der Waals surface area contributed by atoms with Crippen LogP contribution < -0.4 is 10.5 Å². The van der Waals surface area contributed by atoms with E-state index in [1.165, 1.54) is 35.6 Å². The number of thiazole rings is 1.